The van der Waals surface area contributed by atoms with Crippen LogP contribution in [0.3, 0.4) is 0 Å². The summed E-state index contributed by atoms with van der Waals surface area (Å²) >= 11 is 1.14. The van der Waals surface area contributed by atoms with Gasteiger partial charge < -0.3 is 9.88 Å². The third-order valence-electron chi connectivity index (χ3n) is 3.62. The molecule has 0 saturated carbocycles. The number of rotatable bonds is 5. The molecular weight excluding hydrogens is 360 g/mol. The van der Waals surface area contributed by atoms with E-state index in [9.17, 15) is 13.6 Å². The lowest BCUT2D eigenvalue weighted by Gasteiger charge is -2.12. The number of benzene rings is 1. The average Bonchev–Trinajstić information content (AvgIpc) is 2.99. The number of aromatic nitrogens is 4. The number of thioether (sulfide) groups is 1. The summed E-state index contributed by atoms with van der Waals surface area (Å²) in [6, 6.07) is 7.04. The first kappa shape index (κ1) is 18.0. The highest BCUT2D eigenvalue weighted by Gasteiger charge is 2.21. The van der Waals surface area contributed by atoms with Gasteiger partial charge in [0.25, 0.3) is 0 Å². The van der Waals surface area contributed by atoms with Crippen molar-refractivity contribution in [2.45, 2.75) is 17.3 Å². The van der Waals surface area contributed by atoms with E-state index in [0.717, 1.165) is 29.5 Å². The Balaban J connectivity index is 1.73. The Kier molecular flexibility index (Phi) is 5.27. The largest absolute Gasteiger partial charge is 0.320 e. The van der Waals surface area contributed by atoms with E-state index in [1.807, 2.05) is 6.07 Å². The summed E-state index contributed by atoms with van der Waals surface area (Å²) in [6.07, 6.45) is 3.32. The van der Waals surface area contributed by atoms with Crippen LogP contribution < -0.4 is 5.32 Å². The van der Waals surface area contributed by atoms with E-state index < -0.39 is 28.5 Å². The van der Waals surface area contributed by atoms with E-state index in [4.69, 9.17) is 0 Å². The molecule has 1 aromatic carbocycles. The Bertz CT molecular complexity index is 912. The van der Waals surface area contributed by atoms with Crippen LogP contribution in [0.25, 0.3) is 11.4 Å². The third kappa shape index (κ3) is 3.72. The number of carbonyl (C=O) groups is 1. The van der Waals surface area contributed by atoms with Crippen LogP contribution in [0.2, 0.25) is 0 Å². The SMILES string of the molecule is CC(Sc1nnc(-c2cccnc2)n1C)C(=O)Nc1c(F)cccc1F. The van der Waals surface area contributed by atoms with Crippen molar-refractivity contribution < 1.29 is 13.6 Å². The minimum Gasteiger partial charge on any atom is -0.320 e. The summed E-state index contributed by atoms with van der Waals surface area (Å²) in [6.45, 7) is 1.62. The topological polar surface area (TPSA) is 72.7 Å². The van der Waals surface area contributed by atoms with Gasteiger partial charge in [-0.25, -0.2) is 8.78 Å². The molecule has 2 heterocycles. The number of anilines is 1. The monoisotopic (exact) mass is 375 g/mol. The standard InChI is InChI=1S/C17H15F2N5OS/c1-10(16(25)21-14-12(18)6-3-7-13(14)19)26-17-23-22-15(24(17)2)11-5-4-8-20-9-11/h3-10H,1-2H3,(H,21,25). The van der Waals surface area contributed by atoms with Gasteiger partial charge in [-0.1, -0.05) is 17.8 Å². The van der Waals surface area contributed by atoms with Crippen molar-refractivity contribution >= 4 is 23.4 Å². The Morgan fingerprint density at radius 1 is 1.19 bits per heavy atom. The van der Waals surface area contributed by atoms with E-state index in [1.54, 1.807) is 37.0 Å². The van der Waals surface area contributed by atoms with Crippen molar-refractivity contribution in [1.29, 1.82) is 0 Å². The van der Waals surface area contributed by atoms with Gasteiger partial charge in [-0.15, -0.1) is 10.2 Å². The number of pyridine rings is 1. The molecule has 1 amide bonds. The van der Waals surface area contributed by atoms with Crippen molar-refractivity contribution in [3.05, 3.63) is 54.4 Å². The van der Waals surface area contributed by atoms with Gasteiger partial charge in [0.15, 0.2) is 11.0 Å². The molecule has 0 aliphatic rings. The molecule has 1 unspecified atom stereocenters. The quantitative estimate of drug-likeness (QED) is 0.693. The van der Waals surface area contributed by atoms with Gasteiger partial charge in [0.2, 0.25) is 5.91 Å². The molecule has 0 aliphatic heterocycles. The van der Waals surface area contributed by atoms with Crippen LogP contribution in [0, 0.1) is 11.6 Å². The summed E-state index contributed by atoms with van der Waals surface area (Å²) in [4.78, 5) is 16.3. The lowest BCUT2D eigenvalue weighted by molar-refractivity contribution is -0.115. The first-order valence-electron chi connectivity index (χ1n) is 7.68. The Morgan fingerprint density at radius 2 is 1.92 bits per heavy atom. The Hall–Kier alpha value is -2.81. The lowest BCUT2D eigenvalue weighted by atomic mass is 10.3. The van der Waals surface area contributed by atoms with Crippen molar-refractivity contribution in [3.63, 3.8) is 0 Å². The fraction of sp³-hybridized carbons (Fsp3) is 0.176. The number of nitrogens with one attached hydrogen (secondary N) is 1. The minimum atomic E-state index is -0.826. The summed E-state index contributed by atoms with van der Waals surface area (Å²) in [7, 11) is 1.77. The van der Waals surface area contributed by atoms with Crippen molar-refractivity contribution in [2.75, 3.05) is 5.32 Å². The molecule has 26 heavy (non-hydrogen) atoms. The maximum absolute atomic E-state index is 13.7. The highest BCUT2D eigenvalue weighted by atomic mass is 32.2. The summed E-state index contributed by atoms with van der Waals surface area (Å²) in [5, 5.41) is 10.3. The molecule has 3 aromatic rings. The van der Waals surface area contributed by atoms with Crippen molar-refractivity contribution in [1.82, 2.24) is 19.7 Å². The zero-order chi connectivity index (χ0) is 18.7. The molecule has 2 aromatic heterocycles. The lowest BCUT2D eigenvalue weighted by Crippen LogP contribution is -2.24. The van der Waals surface area contributed by atoms with Gasteiger partial charge in [-0.2, -0.15) is 0 Å². The average molecular weight is 375 g/mol. The maximum atomic E-state index is 13.7. The van der Waals surface area contributed by atoms with Crippen LogP contribution in [0.1, 0.15) is 6.92 Å². The highest BCUT2D eigenvalue weighted by Crippen LogP contribution is 2.26. The smallest absolute Gasteiger partial charge is 0.237 e. The number of halogens is 2. The molecule has 0 saturated heterocycles. The number of hydrogen-bond acceptors (Lipinski definition) is 5. The fourth-order valence-corrected chi connectivity index (χ4v) is 3.03. The molecule has 0 fully saturated rings. The molecule has 1 N–H and O–H groups in total. The van der Waals surface area contributed by atoms with Crippen LogP contribution in [0.5, 0.6) is 0 Å². The van der Waals surface area contributed by atoms with Crippen molar-refractivity contribution in [3.8, 4) is 11.4 Å². The van der Waals surface area contributed by atoms with Crippen LogP contribution in [-0.2, 0) is 11.8 Å². The molecule has 0 spiro atoms. The predicted octanol–water partition coefficient (Wildman–Crippen LogP) is 3.27. The summed E-state index contributed by atoms with van der Waals surface area (Å²) in [5.41, 5.74) is 0.332. The number of carbonyl (C=O) groups excluding carboxylic acids is 1. The molecule has 134 valence electrons. The first-order chi connectivity index (χ1) is 12.5. The van der Waals surface area contributed by atoms with E-state index in [1.165, 1.54) is 6.07 Å². The van der Waals surface area contributed by atoms with Crippen LogP contribution in [0.15, 0.2) is 47.9 Å². The summed E-state index contributed by atoms with van der Waals surface area (Å²) in [5.74, 6) is -1.58. The van der Waals surface area contributed by atoms with E-state index in [2.05, 4.69) is 20.5 Å². The van der Waals surface area contributed by atoms with Gasteiger partial charge in [-0.3, -0.25) is 9.78 Å². The molecule has 0 bridgehead atoms. The predicted molar refractivity (Wildman–Crippen MR) is 94.5 cm³/mol. The molecule has 9 heteroatoms. The minimum absolute atomic E-state index is 0.459. The van der Waals surface area contributed by atoms with Gasteiger partial charge in [0.05, 0.1) is 5.25 Å². The molecule has 0 aliphatic carbocycles. The van der Waals surface area contributed by atoms with Crippen LogP contribution >= 0.6 is 11.8 Å². The normalized spacial score (nSPS) is 12.0. The Morgan fingerprint density at radius 3 is 2.58 bits per heavy atom. The second-order valence-corrected chi connectivity index (χ2v) is 6.76. The fourth-order valence-electron chi connectivity index (χ4n) is 2.22. The van der Waals surface area contributed by atoms with Gasteiger partial charge in [0.1, 0.15) is 17.3 Å². The molecule has 0 radical (unpaired) electrons. The first-order valence-corrected chi connectivity index (χ1v) is 8.56. The number of para-hydroxylation sites is 1. The van der Waals surface area contributed by atoms with Gasteiger partial charge >= 0.3 is 0 Å². The molecule has 3 rings (SSSR count). The van der Waals surface area contributed by atoms with Gasteiger partial charge in [-0.05, 0) is 31.2 Å². The van der Waals surface area contributed by atoms with E-state index in [-0.39, 0.29) is 0 Å². The molecule has 6 nitrogen and oxygen atoms in total. The van der Waals surface area contributed by atoms with Crippen LogP contribution in [0.4, 0.5) is 14.5 Å². The van der Waals surface area contributed by atoms with E-state index >= 15 is 0 Å². The second kappa shape index (κ2) is 7.61. The van der Waals surface area contributed by atoms with Crippen LogP contribution in [-0.4, -0.2) is 30.9 Å². The zero-order valence-corrected chi connectivity index (χ0v) is 14.8. The zero-order valence-electron chi connectivity index (χ0n) is 14.0. The Labute approximate surface area is 152 Å². The maximum Gasteiger partial charge on any atom is 0.237 e. The number of amides is 1. The molecular formula is C17H15F2N5OS. The third-order valence-corrected chi connectivity index (χ3v) is 4.75. The van der Waals surface area contributed by atoms with Gasteiger partial charge in [0, 0.05) is 25.0 Å². The molecule has 1 atom stereocenters. The number of nitrogens with zero attached hydrogens (tertiary/aromatic N) is 4. The second-order valence-electron chi connectivity index (χ2n) is 5.45. The van der Waals surface area contributed by atoms with E-state index in [0.29, 0.717) is 11.0 Å². The number of hydrogen-bond donors (Lipinski definition) is 1. The summed E-state index contributed by atoms with van der Waals surface area (Å²) < 4.78 is 29.1. The van der Waals surface area contributed by atoms with Crippen molar-refractivity contribution in [2.24, 2.45) is 7.05 Å². The highest BCUT2D eigenvalue weighted by molar-refractivity contribution is 8.00.